The molecule has 0 aliphatic heterocycles. The van der Waals surface area contributed by atoms with Crippen LogP contribution in [-0.4, -0.2) is 17.7 Å². The van der Waals surface area contributed by atoms with Crippen LogP contribution in [0.25, 0.3) is 0 Å². The molecule has 1 aromatic carbocycles. The van der Waals surface area contributed by atoms with Crippen molar-refractivity contribution in [2.45, 2.75) is 39.0 Å². The second kappa shape index (κ2) is 8.28. The molecule has 0 aliphatic rings. The Morgan fingerprint density at radius 1 is 1.16 bits per heavy atom. The average molecular weight is 305 g/mol. The lowest BCUT2D eigenvalue weighted by Gasteiger charge is -2.09. The summed E-state index contributed by atoms with van der Waals surface area (Å²) in [6, 6.07) is 2.98. The number of ether oxygens (including phenoxy) is 1. The molecule has 0 radical (unpaired) electrons. The van der Waals surface area contributed by atoms with Crippen molar-refractivity contribution in [3.8, 4) is 5.75 Å². The van der Waals surface area contributed by atoms with E-state index in [0.717, 1.165) is 12.8 Å². The van der Waals surface area contributed by atoms with Crippen molar-refractivity contribution in [1.29, 1.82) is 0 Å². The van der Waals surface area contributed by atoms with Gasteiger partial charge < -0.3 is 9.84 Å². The minimum absolute atomic E-state index is 0.0846. The van der Waals surface area contributed by atoms with Crippen LogP contribution in [0, 0.1) is 0 Å². The molecule has 3 nitrogen and oxygen atoms in total. The van der Waals surface area contributed by atoms with Crippen LogP contribution >= 0.6 is 23.2 Å². The van der Waals surface area contributed by atoms with E-state index in [9.17, 15) is 4.79 Å². The predicted molar refractivity (Wildman–Crippen MR) is 77.7 cm³/mol. The van der Waals surface area contributed by atoms with E-state index in [-0.39, 0.29) is 15.6 Å². The molecule has 19 heavy (non-hydrogen) atoms. The fraction of sp³-hybridized carbons (Fsp3) is 0.500. The van der Waals surface area contributed by atoms with Gasteiger partial charge in [-0.05, 0) is 18.6 Å². The highest BCUT2D eigenvalue weighted by molar-refractivity contribution is 6.39. The summed E-state index contributed by atoms with van der Waals surface area (Å²) in [6.45, 7) is 2.76. The Morgan fingerprint density at radius 2 is 1.74 bits per heavy atom. The number of carboxylic acids is 1. The third-order valence-corrected chi connectivity index (χ3v) is 3.34. The molecule has 0 heterocycles. The standard InChI is InChI=1S/C14H18Cl2O3/c1-2-3-4-5-6-7-19-10-8-11(15)13(14(17)18)12(16)9-10/h8-9H,2-7H2,1H3,(H,17,18). The third-order valence-electron chi connectivity index (χ3n) is 2.75. The van der Waals surface area contributed by atoms with Crippen molar-refractivity contribution in [1.82, 2.24) is 0 Å². The van der Waals surface area contributed by atoms with Gasteiger partial charge in [0.2, 0.25) is 0 Å². The zero-order chi connectivity index (χ0) is 14.3. The predicted octanol–water partition coefficient (Wildman–Crippen LogP) is 5.04. The van der Waals surface area contributed by atoms with Crippen molar-refractivity contribution in [3.05, 3.63) is 27.7 Å². The molecule has 0 spiro atoms. The van der Waals surface area contributed by atoms with E-state index < -0.39 is 5.97 Å². The number of benzene rings is 1. The summed E-state index contributed by atoms with van der Waals surface area (Å²) in [5.41, 5.74) is -0.0846. The normalized spacial score (nSPS) is 10.5. The molecule has 5 heteroatoms. The maximum Gasteiger partial charge on any atom is 0.338 e. The van der Waals surface area contributed by atoms with E-state index >= 15 is 0 Å². The molecule has 0 saturated heterocycles. The van der Waals surface area contributed by atoms with Crippen molar-refractivity contribution < 1.29 is 14.6 Å². The summed E-state index contributed by atoms with van der Waals surface area (Å²) in [5, 5.41) is 9.12. The topological polar surface area (TPSA) is 46.5 Å². The summed E-state index contributed by atoms with van der Waals surface area (Å²) < 4.78 is 5.52. The SMILES string of the molecule is CCCCCCCOc1cc(Cl)c(C(=O)O)c(Cl)c1. The van der Waals surface area contributed by atoms with Crippen LogP contribution in [0.15, 0.2) is 12.1 Å². The van der Waals surface area contributed by atoms with Gasteiger partial charge in [0.05, 0.1) is 22.2 Å². The summed E-state index contributed by atoms with van der Waals surface area (Å²) in [6.07, 6.45) is 5.76. The van der Waals surface area contributed by atoms with E-state index in [1.165, 1.54) is 31.4 Å². The molecule has 0 aromatic heterocycles. The number of rotatable bonds is 8. The van der Waals surface area contributed by atoms with Gasteiger partial charge in [-0.3, -0.25) is 0 Å². The number of carbonyl (C=O) groups is 1. The maximum atomic E-state index is 10.9. The summed E-state index contributed by atoms with van der Waals surface area (Å²) in [4.78, 5) is 10.9. The lowest BCUT2D eigenvalue weighted by Crippen LogP contribution is -2.01. The first-order valence-corrected chi connectivity index (χ1v) is 7.17. The van der Waals surface area contributed by atoms with Gasteiger partial charge in [-0.15, -0.1) is 0 Å². The number of hydrogen-bond acceptors (Lipinski definition) is 2. The first kappa shape index (κ1) is 16.1. The summed E-state index contributed by atoms with van der Waals surface area (Å²) in [5.74, 6) is -0.628. The third kappa shape index (κ3) is 5.29. The van der Waals surface area contributed by atoms with Gasteiger partial charge >= 0.3 is 5.97 Å². The Bertz CT molecular complexity index is 410. The second-order valence-electron chi connectivity index (χ2n) is 4.33. The van der Waals surface area contributed by atoms with Crippen LogP contribution in [0.5, 0.6) is 5.75 Å². The number of hydrogen-bond donors (Lipinski definition) is 1. The molecule has 0 bridgehead atoms. The average Bonchev–Trinajstić information content (AvgIpc) is 2.32. The van der Waals surface area contributed by atoms with Gasteiger partial charge in [0, 0.05) is 0 Å². The maximum absolute atomic E-state index is 10.9. The van der Waals surface area contributed by atoms with Crippen LogP contribution in [-0.2, 0) is 0 Å². The molecular weight excluding hydrogens is 287 g/mol. The Morgan fingerprint density at radius 3 is 2.26 bits per heavy atom. The summed E-state index contributed by atoms with van der Waals surface area (Å²) >= 11 is 11.7. The van der Waals surface area contributed by atoms with E-state index in [1.54, 1.807) is 0 Å². The molecule has 1 aromatic rings. The largest absolute Gasteiger partial charge is 0.493 e. The zero-order valence-corrected chi connectivity index (χ0v) is 12.4. The Kier molecular flexibility index (Phi) is 7.03. The minimum Gasteiger partial charge on any atom is -0.493 e. The highest BCUT2D eigenvalue weighted by Crippen LogP contribution is 2.30. The molecule has 0 aliphatic carbocycles. The van der Waals surface area contributed by atoms with Crippen molar-refractivity contribution in [2.75, 3.05) is 6.61 Å². The minimum atomic E-state index is -1.14. The van der Waals surface area contributed by atoms with Crippen LogP contribution in [0.1, 0.15) is 49.4 Å². The molecule has 1 rings (SSSR count). The Labute approximate surface area is 123 Å². The Hall–Kier alpha value is -0.930. The van der Waals surface area contributed by atoms with Crippen molar-refractivity contribution in [3.63, 3.8) is 0 Å². The number of unbranched alkanes of at least 4 members (excludes halogenated alkanes) is 4. The van der Waals surface area contributed by atoms with E-state index in [0.29, 0.717) is 12.4 Å². The van der Waals surface area contributed by atoms with Crippen LogP contribution in [0.2, 0.25) is 10.0 Å². The summed E-state index contributed by atoms with van der Waals surface area (Å²) in [7, 11) is 0. The lowest BCUT2D eigenvalue weighted by atomic mass is 10.2. The van der Waals surface area contributed by atoms with Gasteiger partial charge in [0.15, 0.2) is 0 Å². The number of halogens is 2. The van der Waals surface area contributed by atoms with Gasteiger partial charge in [0.1, 0.15) is 5.75 Å². The Balaban J connectivity index is 2.49. The van der Waals surface area contributed by atoms with Gasteiger partial charge in [-0.2, -0.15) is 0 Å². The number of aromatic carboxylic acids is 1. The molecule has 0 saturated carbocycles. The molecular formula is C14H18Cl2O3. The van der Waals surface area contributed by atoms with Gasteiger partial charge in [-0.1, -0.05) is 55.8 Å². The highest BCUT2D eigenvalue weighted by atomic mass is 35.5. The monoisotopic (exact) mass is 304 g/mol. The zero-order valence-electron chi connectivity index (χ0n) is 10.9. The van der Waals surface area contributed by atoms with E-state index in [4.69, 9.17) is 33.0 Å². The molecule has 106 valence electrons. The number of carboxylic acid groups (broad SMARTS) is 1. The molecule has 0 amide bonds. The molecule has 0 unspecified atom stereocenters. The fourth-order valence-electron chi connectivity index (χ4n) is 1.73. The van der Waals surface area contributed by atoms with Gasteiger partial charge in [-0.25, -0.2) is 4.79 Å². The van der Waals surface area contributed by atoms with Crippen molar-refractivity contribution in [2.24, 2.45) is 0 Å². The van der Waals surface area contributed by atoms with Crippen molar-refractivity contribution >= 4 is 29.2 Å². The molecule has 0 fully saturated rings. The van der Waals surface area contributed by atoms with Crippen LogP contribution in [0.3, 0.4) is 0 Å². The molecule has 0 atom stereocenters. The smallest absolute Gasteiger partial charge is 0.338 e. The van der Waals surface area contributed by atoms with Gasteiger partial charge in [0.25, 0.3) is 0 Å². The van der Waals surface area contributed by atoms with Crippen LogP contribution in [0.4, 0.5) is 0 Å². The van der Waals surface area contributed by atoms with E-state index in [1.807, 2.05) is 0 Å². The quantitative estimate of drug-likeness (QED) is 0.684. The van der Waals surface area contributed by atoms with Crippen LogP contribution < -0.4 is 4.74 Å². The van der Waals surface area contributed by atoms with E-state index in [2.05, 4.69) is 6.92 Å². The highest BCUT2D eigenvalue weighted by Gasteiger charge is 2.15. The first-order valence-electron chi connectivity index (χ1n) is 6.41. The molecule has 1 N–H and O–H groups in total. The first-order chi connectivity index (χ1) is 9.06. The lowest BCUT2D eigenvalue weighted by molar-refractivity contribution is 0.0697. The second-order valence-corrected chi connectivity index (χ2v) is 5.14. The fourth-order valence-corrected chi connectivity index (χ4v) is 2.36.